The van der Waals surface area contributed by atoms with Crippen LogP contribution >= 0.6 is 0 Å². The van der Waals surface area contributed by atoms with Crippen molar-refractivity contribution in [2.45, 2.75) is 0 Å². The monoisotopic (exact) mass is 216 g/mol. The lowest BCUT2D eigenvalue weighted by Crippen LogP contribution is -2.25. The summed E-state index contributed by atoms with van der Waals surface area (Å²) in [6, 6.07) is 0. The first kappa shape index (κ1) is 10.1. The molecule has 0 saturated carbocycles. The second-order valence-corrected chi connectivity index (χ2v) is 2.83. The van der Waals surface area contributed by atoms with Crippen molar-refractivity contribution in [3.05, 3.63) is 22.7 Å². The number of hydrogen-bond acceptors (Lipinski definition) is 6. The van der Waals surface area contributed by atoms with E-state index in [9.17, 15) is 4.79 Å². The number of fused-ring (bicyclic) bond motifs is 1. The number of nitrogens with one attached hydrogen (secondary N) is 3. The average molecular weight is 216 g/mol. The summed E-state index contributed by atoms with van der Waals surface area (Å²) in [6.07, 6.45) is 7.95. The third kappa shape index (κ3) is 1.97. The van der Waals surface area contributed by atoms with E-state index >= 15 is 0 Å². The summed E-state index contributed by atoms with van der Waals surface area (Å²) in [7, 11) is 0. The molecule has 0 spiro atoms. The Bertz CT molecular complexity index is 599. The number of anilines is 1. The maximum absolute atomic E-state index is 11.5. The van der Waals surface area contributed by atoms with Crippen LogP contribution < -0.4 is 16.4 Å². The Morgan fingerprint density at radius 3 is 3.06 bits per heavy atom. The van der Waals surface area contributed by atoms with Gasteiger partial charge in [0.2, 0.25) is 5.95 Å². The molecule has 0 radical (unpaired) electrons. The smallest absolute Gasteiger partial charge is 0.280 e. The molecule has 0 bridgehead atoms. The first-order valence-electron chi connectivity index (χ1n) is 4.44. The lowest BCUT2D eigenvalue weighted by atomic mass is 10.5. The second kappa shape index (κ2) is 4.37. The van der Waals surface area contributed by atoms with Gasteiger partial charge in [-0.3, -0.25) is 15.2 Å². The number of rotatable bonds is 3. The molecule has 0 aliphatic rings. The van der Waals surface area contributed by atoms with Crippen molar-refractivity contribution < 1.29 is 0 Å². The number of aromatic amines is 1. The first-order chi connectivity index (χ1) is 7.81. The van der Waals surface area contributed by atoms with E-state index in [1.807, 2.05) is 0 Å². The third-order valence-electron chi connectivity index (χ3n) is 1.74. The highest BCUT2D eigenvalue weighted by Gasteiger charge is 2.04. The van der Waals surface area contributed by atoms with Gasteiger partial charge in [-0.05, 0) is 0 Å². The zero-order valence-corrected chi connectivity index (χ0v) is 8.19. The lowest BCUT2D eigenvalue weighted by Gasteiger charge is -2.04. The highest BCUT2D eigenvalue weighted by molar-refractivity contribution is 5.68. The van der Waals surface area contributed by atoms with Crippen molar-refractivity contribution in [2.75, 3.05) is 12.0 Å². The third-order valence-corrected chi connectivity index (χ3v) is 1.74. The molecule has 0 unspecified atom stereocenters. The molecule has 7 heteroatoms. The van der Waals surface area contributed by atoms with E-state index in [0.717, 1.165) is 0 Å². The summed E-state index contributed by atoms with van der Waals surface area (Å²) in [5.41, 5.74) is 5.44. The molecular formula is C9H8N6O. The minimum atomic E-state index is -0.358. The van der Waals surface area contributed by atoms with Gasteiger partial charge in [-0.25, -0.2) is 15.4 Å². The van der Waals surface area contributed by atoms with Crippen LogP contribution in [0.3, 0.4) is 0 Å². The van der Waals surface area contributed by atoms with Crippen molar-refractivity contribution in [1.29, 1.82) is 0 Å². The Morgan fingerprint density at radius 1 is 1.44 bits per heavy atom. The quantitative estimate of drug-likeness (QED) is 0.355. The summed E-state index contributed by atoms with van der Waals surface area (Å²) in [5, 5.41) is 0. The molecule has 0 saturated heterocycles. The molecule has 0 amide bonds. The Balaban J connectivity index is 2.35. The molecule has 16 heavy (non-hydrogen) atoms. The molecule has 2 aromatic rings. The molecular weight excluding hydrogens is 208 g/mol. The van der Waals surface area contributed by atoms with Crippen molar-refractivity contribution in [3.8, 4) is 12.3 Å². The molecule has 80 valence electrons. The predicted octanol–water partition coefficient (Wildman–Crippen LogP) is -0.737. The fourth-order valence-corrected chi connectivity index (χ4v) is 1.11. The number of terminal acetylenes is 1. The fraction of sp³-hybridized carbons (Fsp3) is 0.111. The molecule has 2 rings (SSSR count). The van der Waals surface area contributed by atoms with E-state index in [4.69, 9.17) is 6.42 Å². The first-order valence-corrected chi connectivity index (χ1v) is 4.44. The number of aromatic nitrogens is 4. The van der Waals surface area contributed by atoms with Crippen molar-refractivity contribution in [1.82, 2.24) is 25.4 Å². The molecule has 0 fully saturated rings. The van der Waals surface area contributed by atoms with Gasteiger partial charge < -0.3 is 0 Å². The highest BCUT2D eigenvalue weighted by atomic mass is 16.1. The Labute approximate surface area is 90.3 Å². The van der Waals surface area contributed by atoms with Gasteiger partial charge in [-0.15, -0.1) is 6.42 Å². The summed E-state index contributed by atoms with van der Waals surface area (Å²) < 4.78 is 0. The van der Waals surface area contributed by atoms with Gasteiger partial charge in [0.1, 0.15) is 0 Å². The van der Waals surface area contributed by atoms with Crippen molar-refractivity contribution in [2.24, 2.45) is 0 Å². The summed E-state index contributed by atoms with van der Waals surface area (Å²) in [4.78, 5) is 25.9. The van der Waals surface area contributed by atoms with Gasteiger partial charge in [0, 0.05) is 12.4 Å². The van der Waals surface area contributed by atoms with E-state index in [1.54, 1.807) is 0 Å². The maximum atomic E-state index is 11.5. The molecule has 3 N–H and O–H groups in total. The van der Waals surface area contributed by atoms with Crippen LogP contribution in [0.1, 0.15) is 0 Å². The Hall–Kier alpha value is -2.46. The van der Waals surface area contributed by atoms with E-state index < -0.39 is 0 Å². The van der Waals surface area contributed by atoms with Gasteiger partial charge >= 0.3 is 0 Å². The second-order valence-electron chi connectivity index (χ2n) is 2.83. The topological polar surface area (TPSA) is 95.6 Å². The molecule has 0 aromatic carbocycles. The van der Waals surface area contributed by atoms with E-state index in [2.05, 4.69) is 36.7 Å². The molecule has 0 atom stereocenters. The standard InChI is InChI=1S/C9H8N6O/c1-2-3-12-15-9-13-7-6(8(16)14-9)10-4-5-11-7/h1,4-5,12H,3H2,(H2,11,13,14,15,16). The Kier molecular flexibility index (Phi) is 2.75. The van der Waals surface area contributed by atoms with E-state index in [1.165, 1.54) is 12.4 Å². The Morgan fingerprint density at radius 2 is 2.25 bits per heavy atom. The maximum Gasteiger partial charge on any atom is 0.280 e. The fourth-order valence-electron chi connectivity index (χ4n) is 1.11. The number of hydrazine groups is 1. The van der Waals surface area contributed by atoms with Gasteiger partial charge in [0.05, 0.1) is 6.54 Å². The SMILES string of the molecule is C#CCNNc1nc2nccnc2c(=O)[nH]1. The molecule has 0 aliphatic carbocycles. The minimum Gasteiger partial charge on any atom is -0.290 e. The van der Waals surface area contributed by atoms with Crippen LogP contribution in [-0.4, -0.2) is 26.5 Å². The molecule has 7 nitrogen and oxygen atoms in total. The van der Waals surface area contributed by atoms with Crippen molar-refractivity contribution >= 4 is 17.1 Å². The minimum absolute atomic E-state index is 0.199. The van der Waals surface area contributed by atoms with Gasteiger partial charge in [-0.2, -0.15) is 4.98 Å². The van der Waals surface area contributed by atoms with Crippen LogP contribution in [-0.2, 0) is 0 Å². The van der Waals surface area contributed by atoms with Crippen LogP contribution in [0.2, 0.25) is 0 Å². The van der Waals surface area contributed by atoms with Crippen LogP contribution in [0.15, 0.2) is 17.2 Å². The largest absolute Gasteiger partial charge is 0.290 e. The summed E-state index contributed by atoms with van der Waals surface area (Å²) in [6.45, 7) is 0.308. The van der Waals surface area contributed by atoms with Gasteiger partial charge in [0.25, 0.3) is 5.56 Å². The van der Waals surface area contributed by atoms with E-state index in [-0.39, 0.29) is 22.7 Å². The zero-order chi connectivity index (χ0) is 11.4. The van der Waals surface area contributed by atoms with Gasteiger partial charge in [-0.1, -0.05) is 5.92 Å². The van der Waals surface area contributed by atoms with Crippen LogP contribution in [0.4, 0.5) is 5.95 Å². The van der Waals surface area contributed by atoms with Crippen LogP contribution in [0.25, 0.3) is 11.2 Å². The normalized spacial score (nSPS) is 9.94. The predicted molar refractivity (Wildman–Crippen MR) is 58.4 cm³/mol. The highest BCUT2D eigenvalue weighted by Crippen LogP contribution is 2.00. The van der Waals surface area contributed by atoms with E-state index in [0.29, 0.717) is 6.54 Å². The van der Waals surface area contributed by atoms with Crippen LogP contribution in [0, 0.1) is 12.3 Å². The summed E-state index contributed by atoms with van der Waals surface area (Å²) >= 11 is 0. The number of hydrogen-bond donors (Lipinski definition) is 3. The number of nitrogens with zero attached hydrogens (tertiary/aromatic N) is 3. The summed E-state index contributed by atoms with van der Waals surface area (Å²) in [5.74, 6) is 2.61. The average Bonchev–Trinajstić information content (AvgIpc) is 2.30. The molecule has 2 aromatic heterocycles. The number of H-pyrrole nitrogens is 1. The lowest BCUT2D eigenvalue weighted by molar-refractivity contribution is 0.880. The molecule has 2 heterocycles. The van der Waals surface area contributed by atoms with Gasteiger partial charge in [0.15, 0.2) is 11.2 Å². The zero-order valence-electron chi connectivity index (χ0n) is 8.19. The van der Waals surface area contributed by atoms with Crippen molar-refractivity contribution in [3.63, 3.8) is 0 Å². The van der Waals surface area contributed by atoms with Crippen LogP contribution in [0.5, 0.6) is 0 Å². The molecule has 0 aliphatic heterocycles.